The lowest BCUT2D eigenvalue weighted by Gasteiger charge is -2.14. The number of rotatable bonds is 11. The van der Waals surface area contributed by atoms with Crippen LogP contribution >= 0.6 is 0 Å². The highest BCUT2D eigenvalue weighted by Gasteiger charge is 2.14. The zero-order chi connectivity index (χ0) is 22.2. The van der Waals surface area contributed by atoms with Gasteiger partial charge in [-0.1, -0.05) is 12.8 Å². The summed E-state index contributed by atoms with van der Waals surface area (Å²) in [6.07, 6.45) is 4.67. The average molecular weight is 425 g/mol. The van der Waals surface area contributed by atoms with Crippen molar-refractivity contribution in [3.63, 3.8) is 0 Å². The van der Waals surface area contributed by atoms with E-state index in [-0.39, 0.29) is 5.75 Å². The number of benzene rings is 2. The number of methoxy groups -OCH3 is 2. The maximum Gasteiger partial charge on any atom is 0.162 e. The van der Waals surface area contributed by atoms with Crippen molar-refractivity contribution < 1.29 is 14.6 Å². The Balaban J connectivity index is 1.84. The molecule has 0 saturated heterocycles. The molecule has 2 N–H and O–H groups in total. The Morgan fingerprint density at radius 1 is 0.903 bits per heavy atom. The van der Waals surface area contributed by atoms with E-state index in [0.29, 0.717) is 17.3 Å². The van der Waals surface area contributed by atoms with Crippen LogP contribution < -0.4 is 14.8 Å². The summed E-state index contributed by atoms with van der Waals surface area (Å²) >= 11 is 0. The van der Waals surface area contributed by atoms with Crippen LogP contribution in [-0.2, 0) is 0 Å². The van der Waals surface area contributed by atoms with Crippen LogP contribution in [0.4, 0.5) is 5.82 Å². The van der Waals surface area contributed by atoms with Crippen LogP contribution in [0, 0.1) is 0 Å². The molecule has 0 aliphatic rings. The topological polar surface area (TPSA) is 79.7 Å². The van der Waals surface area contributed by atoms with Gasteiger partial charge in [0.2, 0.25) is 0 Å². The second-order valence-corrected chi connectivity index (χ2v) is 7.81. The molecule has 1 aromatic heterocycles. The lowest BCUT2D eigenvalue weighted by atomic mass is 10.1. The lowest BCUT2D eigenvalue weighted by molar-refractivity contribution is 0.356. The highest BCUT2D eigenvalue weighted by Crippen LogP contribution is 2.35. The third-order valence-electron chi connectivity index (χ3n) is 5.15. The number of hydrogen-bond donors (Lipinski definition) is 2. The number of anilines is 1. The van der Waals surface area contributed by atoms with Crippen LogP contribution in [0.5, 0.6) is 17.2 Å². The number of nitrogens with one attached hydrogen (secondary N) is 1. The van der Waals surface area contributed by atoms with Crippen LogP contribution in [0.3, 0.4) is 0 Å². The predicted molar refractivity (Wildman–Crippen MR) is 125 cm³/mol. The Morgan fingerprint density at radius 2 is 1.58 bits per heavy atom. The third-order valence-corrected chi connectivity index (χ3v) is 5.15. The fourth-order valence-corrected chi connectivity index (χ4v) is 3.44. The van der Waals surface area contributed by atoms with Crippen LogP contribution in [0.25, 0.3) is 22.3 Å². The van der Waals surface area contributed by atoms with Gasteiger partial charge in [0.15, 0.2) is 17.3 Å². The molecule has 0 atom stereocenters. The Hall–Kier alpha value is -3.06. The molecule has 0 bridgehead atoms. The van der Waals surface area contributed by atoms with Crippen LogP contribution in [0.2, 0.25) is 0 Å². The highest BCUT2D eigenvalue weighted by atomic mass is 16.5. The third kappa shape index (κ3) is 5.98. The van der Waals surface area contributed by atoms with E-state index in [1.165, 1.54) is 19.3 Å². The number of aromatic nitrogens is 2. The standard InChI is InChI=1S/C24H32N4O3/c1-28(2)14-8-6-5-7-13-25-24-19-15-21(30-3)22(31-4)16-20(19)26-23(27-24)17-9-11-18(29)12-10-17/h9-12,15-16,29H,5-8,13-14H2,1-4H3,(H,25,26,27). The molecule has 0 radical (unpaired) electrons. The van der Waals surface area contributed by atoms with E-state index in [2.05, 4.69) is 24.3 Å². The van der Waals surface area contributed by atoms with E-state index >= 15 is 0 Å². The molecule has 7 heteroatoms. The van der Waals surface area contributed by atoms with Gasteiger partial charge in [0, 0.05) is 23.6 Å². The molecule has 1 heterocycles. The minimum Gasteiger partial charge on any atom is -0.508 e. The average Bonchev–Trinajstić information content (AvgIpc) is 2.77. The van der Waals surface area contributed by atoms with Crippen molar-refractivity contribution in [2.75, 3.05) is 46.7 Å². The number of phenols is 1. The summed E-state index contributed by atoms with van der Waals surface area (Å²) < 4.78 is 10.9. The molecule has 166 valence electrons. The van der Waals surface area contributed by atoms with Gasteiger partial charge in [0.1, 0.15) is 11.6 Å². The Kier molecular flexibility index (Phi) is 7.89. The quantitative estimate of drug-likeness (QED) is 0.437. The molecule has 0 fully saturated rings. The van der Waals surface area contributed by atoms with E-state index in [1.54, 1.807) is 26.4 Å². The monoisotopic (exact) mass is 424 g/mol. The van der Waals surface area contributed by atoms with Gasteiger partial charge in [0.25, 0.3) is 0 Å². The van der Waals surface area contributed by atoms with Crippen molar-refractivity contribution in [1.29, 1.82) is 0 Å². The minimum absolute atomic E-state index is 0.212. The van der Waals surface area contributed by atoms with Crippen molar-refractivity contribution in [3.8, 4) is 28.6 Å². The molecule has 0 unspecified atom stereocenters. The predicted octanol–water partition coefficient (Wildman–Crippen LogP) is 4.55. The fraction of sp³-hybridized carbons (Fsp3) is 0.417. The number of ether oxygens (including phenoxy) is 2. The number of phenolic OH excluding ortho intramolecular Hbond substituents is 1. The summed E-state index contributed by atoms with van der Waals surface area (Å²) in [6.45, 7) is 1.96. The molecule has 31 heavy (non-hydrogen) atoms. The molecule has 3 rings (SSSR count). The molecule has 2 aromatic carbocycles. The molecule has 0 aliphatic heterocycles. The highest BCUT2D eigenvalue weighted by molar-refractivity contribution is 5.93. The van der Waals surface area contributed by atoms with Gasteiger partial charge in [0.05, 0.1) is 19.7 Å². The lowest BCUT2D eigenvalue weighted by Crippen LogP contribution is -2.12. The summed E-state index contributed by atoms with van der Waals surface area (Å²) in [5.74, 6) is 2.83. The van der Waals surface area contributed by atoms with E-state index in [0.717, 1.165) is 41.8 Å². The van der Waals surface area contributed by atoms with E-state index in [4.69, 9.17) is 19.4 Å². The summed E-state index contributed by atoms with van der Waals surface area (Å²) in [7, 11) is 7.45. The van der Waals surface area contributed by atoms with Gasteiger partial charge < -0.3 is 24.8 Å². The van der Waals surface area contributed by atoms with Crippen molar-refractivity contribution in [2.24, 2.45) is 0 Å². The first-order valence-electron chi connectivity index (χ1n) is 10.6. The van der Waals surface area contributed by atoms with Gasteiger partial charge >= 0.3 is 0 Å². The number of unbranched alkanes of at least 4 members (excludes halogenated alkanes) is 3. The van der Waals surface area contributed by atoms with Gasteiger partial charge in [-0.3, -0.25) is 0 Å². The molecule has 0 saturated carbocycles. The van der Waals surface area contributed by atoms with Crippen LogP contribution in [0.1, 0.15) is 25.7 Å². The first kappa shape index (κ1) is 22.6. The van der Waals surface area contributed by atoms with Gasteiger partial charge in [-0.05, 0) is 63.8 Å². The van der Waals surface area contributed by atoms with Crippen molar-refractivity contribution >= 4 is 16.7 Å². The number of nitrogens with zero attached hydrogens (tertiary/aromatic N) is 3. The maximum absolute atomic E-state index is 9.60. The van der Waals surface area contributed by atoms with Crippen molar-refractivity contribution in [1.82, 2.24) is 14.9 Å². The first-order valence-corrected chi connectivity index (χ1v) is 10.6. The molecule has 0 amide bonds. The van der Waals surface area contributed by atoms with Gasteiger partial charge in [-0.2, -0.15) is 0 Å². The Bertz CT molecular complexity index is 990. The SMILES string of the molecule is COc1cc2nc(-c3ccc(O)cc3)nc(NCCCCCCN(C)C)c2cc1OC. The van der Waals surface area contributed by atoms with E-state index in [9.17, 15) is 5.11 Å². The number of aromatic hydroxyl groups is 1. The number of hydrogen-bond acceptors (Lipinski definition) is 7. The van der Waals surface area contributed by atoms with Gasteiger partial charge in [-0.15, -0.1) is 0 Å². The fourth-order valence-electron chi connectivity index (χ4n) is 3.44. The molecule has 3 aromatic rings. The number of fused-ring (bicyclic) bond motifs is 1. The smallest absolute Gasteiger partial charge is 0.162 e. The zero-order valence-electron chi connectivity index (χ0n) is 18.8. The van der Waals surface area contributed by atoms with Crippen LogP contribution in [-0.4, -0.2) is 61.4 Å². The molecule has 0 aliphatic carbocycles. The largest absolute Gasteiger partial charge is 0.508 e. The normalized spacial score (nSPS) is 11.1. The van der Waals surface area contributed by atoms with Crippen LogP contribution in [0.15, 0.2) is 36.4 Å². The Morgan fingerprint density at radius 3 is 2.26 bits per heavy atom. The first-order chi connectivity index (χ1) is 15.0. The summed E-state index contributed by atoms with van der Waals surface area (Å²) in [5.41, 5.74) is 1.60. The molecule has 0 spiro atoms. The summed E-state index contributed by atoms with van der Waals surface area (Å²) in [6, 6.07) is 10.7. The van der Waals surface area contributed by atoms with Gasteiger partial charge in [-0.25, -0.2) is 9.97 Å². The summed E-state index contributed by atoms with van der Waals surface area (Å²) in [5, 5.41) is 14.0. The molecular formula is C24H32N4O3. The zero-order valence-corrected chi connectivity index (χ0v) is 18.8. The summed E-state index contributed by atoms with van der Waals surface area (Å²) in [4.78, 5) is 11.7. The second kappa shape index (κ2) is 10.8. The van der Waals surface area contributed by atoms with Crippen molar-refractivity contribution in [2.45, 2.75) is 25.7 Å². The Labute approximate surface area is 184 Å². The molecular weight excluding hydrogens is 392 g/mol. The minimum atomic E-state index is 0.212. The van der Waals surface area contributed by atoms with E-state index < -0.39 is 0 Å². The molecule has 7 nitrogen and oxygen atoms in total. The van der Waals surface area contributed by atoms with E-state index in [1.807, 2.05) is 24.3 Å². The van der Waals surface area contributed by atoms with Crippen molar-refractivity contribution in [3.05, 3.63) is 36.4 Å². The maximum atomic E-state index is 9.60. The second-order valence-electron chi connectivity index (χ2n) is 7.81.